The molecule has 0 spiro atoms. The Hall–Kier alpha value is -3.34. The quantitative estimate of drug-likeness (QED) is 0.230. The fraction of sp³-hybridized carbons (Fsp3) is 0.379. The van der Waals surface area contributed by atoms with Gasteiger partial charge in [-0.15, -0.1) is 0 Å². The average Bonchev–Trinajstić information content (AvgIpc) is 3.36. The Morgan fingerprint density at radius 2 is 1.47 bits per heavy atom. The predicted octanol–water partition coefficient (Wildman–Crippen LogP) is 6.49. The summed E-state index contributed by atoms with van der Waals surface area (Å²) in [5.74, 6) is 0.124. The van der Waals surface area contributed by atoms with Crippen molar-refractivity contribution in [3.05, 3.63) is 78.4 Å². The van der Waals surface area contributed by atoms with Crippen LogP contribution in [0.4, 0.5) is 0 Å². The molecule has 0 amide bonds. The minimum Gasteiger partial charge on any atom is -0.487 e. The summed E-state index contributed by atoms with van der Waals surface area (Å²) in [6.07, 6.45) is 5.71. The molecule has 2 aromatic carbocycles. The van der Waals surface area contributed by atoms with Crippen LogP contribution in [0.1, 0.15) is 63.5 Å². The average molecular weight is 461 g/mol. The monoisotopic (exact) mass is 460 g/mol. The predicted molar refractivity (Wildman–Crippen MR) is 131 cm³/mol. The number of unbranched alkanes of at least 4 members (excludes halogenated alkanes) is 3. The van der Waals surface area contributed by atoms with Crippen LogP contribution < -0.4 is 4.74 Å². The zero-order chi connectivity index (χ0) is 24.1. The lowest BCUT2D eigenvalue weighted by Crippen LogP contribution is -2.31. The molecule has 34 heavy (non-hydrogen) atoms. The number of hydrogen-bond donors (Lipinski definition) is 0. The molecule has 0 bridgehead atoms. The van der Waals surface area contributed by atoms with Crippen LogP contribution in [-0.4, -0.2) is 24.1 Å². The van der Waals surface area contributed by atoms with Crippen molar-refractivity contribution in [2.45, 2.75) is 70.2 Å². The lowest BCUT2D eigenvalue weighted by atomic mass is 10.00. The van der Waals surface area contributed by atoms with Crippen molar-refractivity contribution in [3.8, 4) is 16.9 Å². The zero-order valence-electron chi connectivity index (χ0n) is 19.8. The molecule has 5 nitrogen and oxygen atoms in total. The Bertz CT molecular complexity index is 1020. The van der Waals surface area contributed by atoms with Gasteiger partial charge in [-0.05, 0) is 41.7 Å². The molecule has 4 rings (SSSR count). The maximum Gasteiger partial charge on any atom is 0.334 e. The standard InChI is InChI=1S/C29H32O5/c1-4-5-6-7-8-25(27-18-20(3)29(31)34-27)32-24-15-13-22(14-16-24)21-9-11-23(12-10-21)26-17-19(2)28(30)33-26/h9-16,25-27H,2-8,17-18H2,1H3. The molecule has 2 aromatic rings. The van der Waals surface area contributed by atoms with Crippen molar-refractivity contribution < 1.29 is 23.8 Å². The van der Waals surface area contributed by atoms with Gasteiger partial charge in [0.25, 0.3) is 0 Å². The van der Waals surface area contributed by atoms with E-state index < -0.39 is 0 Å². The van der Waals surface area contributed by atoms with Crippen LogP contribution in [0.3, 0.4) is 0 Å². The third-order valence-corrected chi connectivity index (χ3v) is 6.48. The summed E-state index contributed by atoms with van der Waals surface area (Å²) >= 11 is 0. The van der Waals surface area contributed by atoms with E-state index in [1.807, 2.05) is 48.5 Å². The second-order valence-corrected chi connectivity index (χ2v) is 9.11. The van der Waals surface area contributed by atoms with Crippen LogP contribution in [0.25, 0.3) is 11.1 Å². The molecule has 0 aromatic heterocycles. The largest absolute Gasteiger partial charge is 0.487 e. The van der Waals surface area contributed by atoms with Crippen molar-refractivity contribution in [2.24, 2.45) is 0 Å². The second kappa shape index (κ2) is 10.7. The molecule has 0 radical (unpaired) electrons. The molecular weight excluding hydrogens is 428 g/mol. The Morgan fingerprint density at radius 3 is 2.03 bits per heavy atom. The molecule has 178 valence electrons. The molecule has 0 aliphatic carbocycles. The first-order valence-electron chi connectivity index (χ1n) is 12.1. The molecule has 2 aliphatic heterocycles. The van der Waals surface area contributed by atoms with Crippen LogP contribution in [0.15, 0.2) is 72.8 Å². The zero-order valence-corrected chi connectivity index (χ0v) is 19.8. The Kier molecular flexibility index (Phi) is 7.51. The highest BCUT2D eigenvalue weighted by atomic mass is 16.6. The van der Waals surface area contributed by atoms with Gasteiger partial charge in [0.2, 0.25) is 0 Å². The van der Waals surface area contributed by atoms with Gasteiger partial charge in [-0.25, -0.2) is 9.59 Å². The first-order chi connectivity index (χ1) is 16.4. The maximum absolute atomic E-state index is 11.9. The van der Waals surface area contributed by atoms with Gasteiger partial charge in [-0.2, -0.15) is 0 Å². The molecule has 2 saturated heterocycles. The summed E-state index contributed by atoms with van der Waals surface area (Å²) in [6, 6.07) is 16.0. The first-order valence-corrected chi connectivity index (χ1v) is 12.1. The van der Waals surface area contributed by atoms with Crippen LogP contribution in [0.2, 0.25) is 0 Å². The van der Waals surface area contributed by atoms with Crippen LogP contribution in [-0.2, 0) is 19.1 Å². The summed E-state index contributed by atoms with van der Waals surface area (Å²) in [5, 5.41) is 0. The van der Waals surface area contributed by atoms with E-state index >= 15 is 0 Å². The van der Waals surface area contributed by atoms with Crippen molar-refractivity contribution in [1.29, 1.82) is 0 Å². The molecule has 5 heteroatoms. The molecule has 2 heterocycles. The Balaban J connectivity index is 1.41. The van der Waals surface area contributed by atoms with E-state index in [0.717, 1.165) is 41.7 Å². The van der Waals surface area contributed by atoms with Gasteiger partial charge in [-0.3, -0.25) is 0 Å². The van der Waals surface area contributed by atoms with Crippen molar-refractivity contribution in [3.63, 3.8) is 0 Å². The van der Waals surface area contributed by atoms with Crippen LogP contribution >= 0.6 is 0 Å². The van der Waals surface area contributed by atoms with E-state index in [1.54, 1.807) is 0 Å². The van der Waals surface area contributed by atoms with Crippen molar-refractivity contribution in [1.82, 2.24) is 0 Å². The highest BCUT2D eigenvalue weighted by Gasteiger charge is 2.35. The minimum absolute atomic E-state index is 0.186. The molecule has 2 fully saturated rings. The number of carbonyl (C=O) groups is 2. The number of rotatable bonds is 10. The van der Waals surface area contributed by atoms with E-state index in [-0.39, 0.29) is 30.3 Å². The first kappa shape index (κ1) is 23.8. The van der Waals surface area contributed by atoms with Crippen LogP contribution in [0.5, 0.6) is 5.75 Å². The number of esters is 2. The molecule has 3 unspecified atom stereocenters. The fourth-order valence-corrected chi connectivity index (χ4v) is 4.43. The molecule has 3 atom stereocenters. The summed E-state index contributed by atoms with van der Waals surface area (Å²) in [4.78, 5) is 23.4. The van der Waals surface area contributed by atoms with Gasteiger partial charge >= 0.3 is 11.9 Å². The fourth-order valence-electron chi connectivity index (χ4n) is 4.43. The lowest BCUT2D eigenvalue weighted by Gasteiger charge is -2.24. The SMILES string of the molecule is C=C1CC(c2ccc(-c3ccc(OC(CCCCCC)C4CC(=C)C(=O)O4)cc3)cc2)OC1=O. The minimum atomic E-state index is -0.317. The molecule has 0 N–H and O–H groups in total. The van der Waals surface area contributed by atoms with Gasteiger partial charge < -0.3 is 14.2 Å². The highest BCUT2D eigenvalue weighted by Crippen LogP contribution is 2.34. The number of benzene rings is 2. The van der Waals surface area contributed by atoms with Gasteiger partial charge in [0.1, 0.15) is 24.1 Å². The number of ether oxygens (including phenoxy) is 3. The van der Waals surface area contributed by atoms with Gasteiger partial charge in [0.05, 0.1) is 0 Å². The highest BCUT2D eigenvalue weighted by molar-refractivity contribution is 5.90. The smallest absolute Gasteiger partial charge is 0.334 e. The van der Waals surface area contributed by atoms with Gasteiger partial charge in [0, 0.05) is 24.0 Å². The molecular formula is C29H32O5. The van der Waals surface area contributed by atoms with Gasteiger partial charge in [0.15, 0.2) is 0 Å². The summed E-state index contributed by atoms with van der Waals surface area (Å²) < 4.78 is 17.2. The normalized spacial score (nSPS) is 20.9. The van der Waals surface area contributed by atoms with Crippen molar-refractivity contribution >= 4 is 11.9 Å². The second-order valence-electron chi connectivity index (χ2n) is 9.11. The molecule has 0 saturated carbocycles. The number of carbonyl (C=O) groups excluding carboxylic acids is 2. The van der Waals surface area contributed by atoms with E-state index in [0.29, 0.717) is 24.0 Å². The molecule has 2 aliphatic rings. The number of hydrogen-bond acceptors (Lipinski definition) is 5. The van der Waals surface area contributed by atoms with Crippen LogP contribution in [0, 0.1) is 0 Å². The third-order valence-electron chi connectivity index (χ3n) is 6.48. The van der Waals surface area contributed by atoms with Crippen molar-refractivity contribution in [2.75, 3.05) is 0 Å². The lowest BCUT2D eigenvalue weighted by molar-refractivity contribution is -0.142. The van der Waals surface area contributed by atoms with E-state index in [4.69, 9.17) is 14.2 Å². The Morgan fingerprint density at radius 1 is 0.853 bits per heavy atom. The summed E-state index contributed by atoms with van der Waals surface area (Å²) in [7, 11) is 0. The Labute approximate surface area is 201 Å². The third kappa shape index (κ3) is 5.58. The van der Waals surface area contributed by atoms with Gasteiger partial charge in [-0.1, -0.05) is 75.7 Å². The number of cyclic esters (lactones) is 2. The summed E-state index contributed by atoms with van der Waals surface area (Å²) in [6.45, 7) is 9.74. The van der Waals surface area contributed by atoms with E-state index in [1.165, 1.54) is 12.8 Å². The summed E-state index contributed by atoms with van der Waals surface area (Å²) in [5.41, 5.74) is 4.13. The maximum atomic E-state index is 11.9. The van der Waals surface area contributed by atoms with E-state index in [9.17, 15) is 9.59 Å². The van der Waals surface area contributed by atoms with E-state index in [2.05, 4.69) is 20.1 Å². The topological polar surface area (TPSA) is 61.8 Å².